The Bertz CT molecular complexity index is 525. The molecule has 2 heterocycles. The Hall–Kier alpha value is -1.25. The van der Waals surface area contributed by atoms with Gasteiger partial charge in [-0.2, -0.15) is 5.26 Å². The van der Waals surface area contributed by atoms with Gasteiger partial charge in [0, 0.05) is 17.2 Å². The minimum absolute atomic E-state index is 0.00819. The number of carbonyl (C=O) groups excluding carboxylic acids is 1. The molecule has 0 aliphatic carbocycles. The van der Waals surface area contributed by atoms with Crippen LogP contribution in [-0.2, 0) is 4.79 Å². The Morgan fingerprint density at radius 2 is 2.41 bits per heavy atom. The number of nitriles is 1. The van der Waals surface area contributed by atoms with Crippen LogP contribution in [0, 0.1) is 18.3 Å². The van der Waals surface area contributed by atoms with E-state index in [1.54, 1.807) is 11.3 Å². The highest BCUT2D eigenvalue weighted by atomic mass is 32.2. The Balaban J connectivity index is 2.49. The number of thiophene rings is 1. The Labute approximate surface area is 109 Å². The molecular formula is C12H12N2OS2. The summed E-state index contributed by atoms with van der Waals surface area (Å²) in [6.07, 6.45) is 2.24. The van der Waals surface area contributed by atoms with E-state index in [2.05, 4.69) is 11.4 Å². The highest BCUT2D eigenvalue weighted by molar-refractivity contribution is 8.02. The van der Waals surface area contributed by atoms with Crippen molar-refractivity contribution in [1.29, 1.82) is 5.26 Å². The second-order valence-corrected chi connectivity index (χ2v) is 5.60. The van der Waals surface area contributed by atoms with Gasteiger partial charge in [0.2, 0.25) is 5.91 Å². The van der Waals surface area contributed by atoms with Crippen molar-refractivity contribution >= 4 is 29.0 Å². The third-order valence-electron chi connectivity index (χ3n) is 2.78. The van der Waals surface area contributed by atoms with Crippen LogP contribution in [0.3, 0.4) is 0 Å². The van der Waals surface area contributed by atoms with Gasteiger partial charge in [-0.05, 0) is 30.2 Å². The molecule has 0 radical (unpaired) electrons. The minimum Gasteiger partial charge on any atom is -0.320 e. The maximum absolute atomic E-state index is 11.6. The molecule has 0 aromatic carbocycles. The largest absolute Gasteiger partial charge is 0.320 e. The fourth-order valence-electron chi connectivity index (χ4n) is 1.95. The standard InChI is InChI=1S/C12H12N2OS2/c1-7-3-4-17-11(7)8-5-10(15)14-12(16-2)9(8)6-13/h3-4,8H,5H2,1-2H3,(H,14,15)/t8-/m0/s1. The van der Waals surface area contributed by atoms with Gasteiger partial charge in [-0.3, -0.25) is 4.79 Å². The van der Waals surface area contributed by atoms with E-state index in [0.717, 1.165) is 10.4 Å². The van der Waals surface area contributed by atoms with E-state index in [1.165, 1.54) is 11.8 Å². The monoisotopic (exact) mass is 264 g/mol. The third kappa shape index (κ3) is 2.24. The predicted molar refractivity (Wildman–Crippen MR) is 70.7 cm³/mol. The van der Waals surface area contributed by atoms with E-state index in [9.17, 15) is 10.1 Å². The van der Waals surface area contributed by atoms with Crippen molar-refractivity contribution in [2.24, 2.45) is 0 Å². The summed E-state index contributed by atoms with van der Waals surface area (Å²) in [7, 11) is 0. The number of carbonyl (C=O) groups is 1. The number of nitrogens with one attached hydrogen (secondary N) is 1. The summed E-state index contributed by atoms with van der Waals surface area (Å²) in [4.78, 5) is 12.8. The molecule has 0 saturated heterocycles. The first kappa shape index (κ1) is 12.2. The van der Waals surface area contributed by atoms with Crippen molar-refractivity contribution in [3.63, 3.8) is 0 Å². The molecule has 3 nitrogen and oxygen atoms in total. The van der Waals surface area contributed by atoms with Gasteiger partial charge in [0.05, 0.1) is 16.7 Å². The smallest absolute Gasteiger partial charge is 0.225 e. The van der Waals surface area contributed by atoms with Gasteiger partial charge in [0.15, 0.2) is 0 Å². The van der Waals surface area contributed by atoms with Gasteiger partial charge in [-0.15, -0.1) is 23.1 Å². The lowest BCUT2D eigenvalue weighted by Crippen LogP contribution is -2.30. The van der Waals surface area contributed by atoms with Gasteiger partial charge in [0.25, 0.3) is 0 Å². The number of rotatable bonds is 2. The normalized spacial score (nSPS) is 20.1. The lowest BCUT2D eigenvalue weighted by atomic mass is 9.91. The minimum atomic E-state index is -0.0730. The van der Waals surface area contributed by atoms with E-state index < -0.39 is 0 Å². The van der Waals surface area contributed by atoms with Crippen molar-refractivity contribution in [3.05, 3.63) is 32.5 Å². The maximum atomic E-state index is 11.6. The second kappa shape index (κ2) is 4.94. The first-order valence-corrected chi connectivity index (χ1v) is 7.30. The van der Waals surface area contributed by atoms with Gasteiger partial charge in [0.1, 0.15) is 0 Å². The first-order valence-electron chi connectivity index (χ1n) is 5.19. The summed E-state index contributed by atoms with van der Waals surface area (Å²) < 4.78 is 0. The Morgan fingerprint density at radius 1 is 1.65 bits per heavy atom. The molecule has 0 unspecified atom stereocenters. The van der Waals surface area contributed by atoms with Crippen LogP contribution in [0.2, 0.25) is 0 Å². The molecule has 0 bridgehead atoms. The summed E-state index contributed by atoms with van der Waals surface area (Å²) >= 11 is 3.03. The summed E-state index contributed by atoms with van der Waals surface area (Å²) in [6, 6.07) is 4.27. The van der Waals surface area contributed by atoms with Gasteiger partial charge < -0.3 is 5.32 Å². The molecule has 1 atom stereocenters. The highest BCUT2D eigenvalue weighted by Gasteiger charge is 2.30. The molecule has 0 spiro atoms. The average Bonchev–Trinajstić information content (AvgIpc) is 2.74. The van der Waals surface area contributed by atoms with E-state index in [4.69, 9.17) is 0 Å². The lowest BCUT2D eigenvalue weighted by Gasteiger charge is -2.23. The maximum Gasteiger partial charge on any atom is 0.225 e. The number of aryl methyl sites for hydroxylation is 1. The zero-order valence-corrected chi connectivity index (χ0v) is 11.2. The molecule has 88 valence electrons. The Kier molecular flexibility index (Phi) is 3.55. The van der Waals surface area contributed by atoms with E-state index in [-0.39, 0.29) is 11.8 Å². The van der Waals surface area contributed by atoms with Crippen molar-refractivity contribution < 1.29 is 4.79 Å². The van der Waals surface area contributed by atoms with Crippen molar-refractivity contribution in [3.8, 4) is 6.07 Å². The fraction of sp³-hybridized carbons (Fsp3) is 0.333. The van der Waals surface area contributed by atoms with Crippen molar-refractivity contribution in [2.75, 3.05) is 6.26 Å². The van der Waals surface area contributed by atoms with E-state index in [1.807, 2.05) is 24.6 Å². The van der Waals surface area contributed by atoms with Crippen LogP contribution >= 0.6 is 23.1 Å². The first-order chi connectivity index (χ1) is 8.17. The summed E-state index contributed by atoms with van der Waals surface area (Å²) in [6.45, 7) is 2.02. The number of thioether (sulfide) groups is 1. The number of amides is 1. The lowest BCUT2D eigenvalue weighted by molar-refractivity contribution is -0.120. The van der Waals surface area contributed by atoms with Crippen LogP contribution in [-0.4, -0.2) is 12.2 Å². The number of allylic oxidation sites excluding steroid dienone is 1. The molecule has 0 saturated carbocycles. The predicted octanol–water partition coefficient (Wildman–Crippen LogP) is 2.76. The van der Waals surface area contributed by atoms with Crippen LogP contribution < -0.4 is 5.32 Å². The van der Waals surface area contributed by atoms with E-state index in [0.29, 0.717) is 17.0 Å². The average molecular weight is 264 g/mol. The molecule has 1 aromatic heterocycles. The number of nitrogens with zero attached hydrogens (tertiary/aromatic N) is 1. The van der Waals surface area contributed by atoms with Gasteiger partial charge >= 0.3 is 0 Å². The molecule has 1 aliphatic heterocycles. The molecule has 1 aliphatic rings. The zero-order valence-electron chi connectivity index (χ0n) is 9.61. The van der Waals surface area contributed by atoms with Gasteiger partial charge in [-0.25, -0.2) is 0 Å². The van der Waals surface area contributed by atoms with Crippen LogP contribution in [0.25, 0.3) is 0 Å². The summed E-state index contributed by atoms with van der Waals surface area (Å²) in [5.41, 5.74) is 1.84. The SMILES string of the molecule is CSC1=C(C#N)[C@@H](c2sccc2C)CC(=O)N1. The molecule has 0 fully saturated rings. The number of hydrogen-bond acceptors (Lipinski definition) is 4. The van der Waals surface area contributed by atoms with Crippen LogP contribution in [0.1, 0.15) is 22.8 Å². The number of hydrogen-bond donors (Lipinski definition) is 1. The van der Waals surface area contributed by atoms with E-state index >= 15 is 0 Å². The summed E-state index contributed by atoms with van der Waals surface area (Å²) in [5.74, 6) is -0.0812. The summed E-state index contributed by atoms with van der Waals surface area (Å²) in [5, 5.41) is 14.7. The second-order valence-electron chi connectivity index (χ2n) is 3.83. The van der Waals surface area contributed by atoms with Crippen LogP contribution in [0.5, 0.6) is 0 Å². The fourth-order valence-corrected chi connectivity index (χ4v) is 3.61. The topological polar surface area (TPSA) is 52.9 Å². The molecule has 17 heavy (non-hydrogen) atoms. The zero-order chi connectivity index (χ0) is 12.4. The van der Waals surface area contributed by atoms with Crippen molar-refractivity contribution in [2.45, 2.75) is 19.3 Å². The molecule has 1 N–H and O–H groups in total. The highest BCUT2D eigenvalue weighted by Crippen LogP contribution is 2.38. The molecular weight excluding hydrogens is 252 g/mol. The van der Waals surface area contributed by atoms with Crippen LogP contribution in [0.15, 0.2) is 22.0 Å². The van der Waals surface area contributed by atoms with Gasteiger partial charge in [-0.1, -0.05) is 0 Å². The third-order valence-corrected chi connectivity index (χ3v) is 4.64. The molecule has 5 heteroatoms. The molecule has 2 rings (SSSR count). The van der Waals surface area contributed by atoms with Crippen molar-refractivity contribution in [1.82, 2.24) is 5.32 Å². The molecule has 1 amide bonds. The quantitative estimate of drug-likeness (QED) is 0.893. The van der Waals surface area contributed by atoms with Crippen LogP contribution in [0.4, 0.5) is 0 Å². The Morgan fingerprint density at radius 3 is 2.94 bits per heavy atom. The molecule has 1 aromatic rings.